The van der Waals surface area contributed by atoms with Crippen molar-refractivity contribution >= 4 is 31.6 Å². The first kappa shape index (κ1) is 13.8. The maximum absolute atomic E-state index is 12.4. The maximum atomic E-state index is 12.4. The minimum atomic E-state index is -3.51. The smallest absolute Gasteiger partial charge is 0.241 e. The second-order valence-corrected chi connectivity index (χ2v) is 7.70. The van der Waals surface area contributed by atoms with E-state index < -0.39 is 10.0 Å². The molecule has 0 aromatic heterocycles. The van der Waals surface area contributed by atoms with Gasteiger partial charge in [0.05, 0.1) is 4.90 Å². The number of nitrogens with one attached hydrogen (secondary N) is 1. The Bertz CT molecular complexity index is 580. The number of rotatable bonds is 3. The fraction of sp³-hybridized carbons (Fsp3) is 0.500. The average molecular weight is 333 g/mol. The Morgan fingerprint density at radius 3 is 2.50 bits per heavy atom. The summed E-state index contributed by atoms with van der Waals surface area (Å²) in [4.78, 5) is 0.252. The quantitative estimate of drug-likeness (QED) is 0.835. The van der Waals surface area contributed by atoms with Crippen LogP contribution in [0.3, 0.4) is 0 Å². The fourth-order valence-corrected chi connectivity index (χ4v) is 4.53. The van der Waals surface area contributed by atoms with Crippen molar-refractivity contribution in [1.82, 2.24) is 4.72 Å². The van der Waals surface area contributed by atoms with Crippen LogP contribution in [0.25, 0.3) is 0 Å². The summed E-state index contributed by atoms with van der Waals surface area (Å²) in [6.07, 6.45) is 2.84. The van der Waals surface area contributed by atoms with Gasteiger partial charge in [-0.15, -0.1) is 0 Å². The molecule has 0 saturated heterocycles. The normalized spacial score (nSPS) is 18.4. The van der Waals surface area contributed by atoms with Gasteiger partial charge in [-0.25, -0.2) is 13.1 Å². The van der Waals surface area contributed by atoms with Crippen LogP contribution in [0, 0.1) is 6.92 Å². The lowest BCUT2D eigenvalue weighted by atomic mass is 9.80. The molecule has 100 valence electrons. The first-order valence-electron chi connectivity index (χ1n) is 5.83. The molecule has 0 spiro atoms. The van der Waals surface area contributed by atoms with E-state index in [-0.39, 0.29) is 10.4 Å². The van der Waals surface area contributed by atoms with Crippen LogP contribution >= 0.6 is 15.9 Å². The summed E-state index contributed by atoms with van der Waals surface area (Å²) in [5, 5.41) is 0. The molecule has 1 saturated carbocycles. The number of nitrogens with two attached hydrogens (primary N) is 1. The molecule has 0 unspecified atom stereocenters. The fourth-order valence-electron chi connectivity index (χ4n) is 2.14. The Hall–Kier alpha value is -0.590. The van der Waals surface area contributed by atoms with E-state index >= 15 is 0 Å². The zero-order chi connectivity index (χ0) is 13.6. The first-order valence-corrected chi connectivity index (χ1v) is 8.11. The van der Waals surface area contributed by atoms with E-state index in [1.54, 1.807) is 19.1 Å². The highest BCUT2D eigenvalue weighted by Gasteiger charge is 2.36. The molecule has 1 aromatic carbocycles. The van der Waals surface area contributed by atoms with Crippen LogP contribution in [-0.2, 0) is 10.0 Å². The highest BCUT2D eigenvalue weighted by Crippen LogP contribution is 2.34. The summed E-state index contributed by atoms with van der Waals surface area (Å²) in [6.45, 7) is 3.66. The second-order valence-electron chi connectivity index (χ2n) is 5.14. The number of sulfonamides is 1. The average Bonchev–Trinajstić information content (AvgIpc) is 2.20. The van der Waals surface area contributed by atoms with E-state index in [2.05, 4.69) is 20.7 Å². The van der Waals surface area contributed by atoms with Crippen LogP contribution in [0.2, 0.25) is 0 Å². The van der Waals surface area contributed by atoms with Gasteiger partial charge in [0, 0.05) is 15.7 Å². The molecule has 0 aliphatic heterocycles. The summed E-state index contributed by atoms with van der Waals surface area (Å²) in [6, 6.07) is 3.30. The molecule has 6 heteroatoms. The van der Waals surface area contributed by atoms with E-state index in [9.17, 15) is 8.42 Å². The lowest BCUT2D eigenvalue weighted by Gasteiger charge is -2.38. The summed E-state index contributed by atoms with van der Waals surface area (Å²) in [5.41, 5.74) is 6.57. The number of halogens is 1. The Balaban J connectivity index is 2.41. The number of nitrogen functional groups attached to an aromatic ring is 1. The van der Waals surface area contributed by atoms with Crippen molar-refractivity contribution in [3.8, 4) is 0 Å². The molecule has 0 radical (unpaired) electrons. The molecular weight excluding hydrogens is 316 g/mol. The minimum absolute atomic E-state index is 0.252. The Kier molecular flexibility index (Phi) is 3.46. The summed E-state index contributed by atoms with van der Waals surface area (Å²) in [5.74, 6) is 0. The van der Waals surface area contributed by atoms with E-state index in [0.29, 0.717) is 15.7 Å². The van der Waals surface area contributed by atoms with Crippen LogP contribution < -0.4 is 10.5 Å². The first-order chi connectivity index (χ1) is 8.23. The number of hydrogen-bond acceptors (Lipinski definition) is 3. The van der Waals surface area contributed by atoms with E-state index in [1.807, 2.05) is 6.92 Å². The van der Waals surface area contributed by atoms with Crippen molar-refractivity contribution in [3.05, 3.63) is 22.2 Å². The van der Waals surface area contributed by atoms with Crippen LogP contribution in [0.15, 0.2) is 21.5 Å². The minimum Gasteiger partial charge on any atom is -0.398 e. The van der Waals surface area contributed by atoms with Gasteiger partial charge in [-0.3, -0.25) is 0 Å². The maximum Gasteiger partial charge on any atom is 0.241 e. The molecule has 18 heavy (non-hydrogen) atoms. The highest BCUT2D eigenvalue weighted by atomic mass is 79.9. The van der Waals surface area contributed by atoms with Gasteiger partial charge in [-0.1, -0.05) is 15.9 Å². The van der Waals surface area contributed by atoms with Crippen molar-refractivity contribution < 1.29 is 8.42 Å². The van der Waals surface area contributed by atoms with Gasteiger partial charge in [0.15, 0.2) is 0 Å². The lowest BCUT2D eigenvalue weighted by molar-refractivity contribution is 0.248. The molecule has 0 bridgehead atoms. The molecule has 1 aliphatic rings. The van der Waals surface area contributed by atoms with Crippen molar-refractivity contribution in [2.45, 2.75) is 43.5 Å². The molecule has 1 fully saturated rings. The summed E-state index contributed by atoms with van der Waals surface area (Å²) < 4.78 is 28.2. The number of hydrogen-bond donors (Lipinski definition) is 2. The zero-order valence-corrected chi connectivity index (χ0v) is 12.9. The van der Waals surface area contributed by atoms with Gasteiger partial charge in [0.2, 0.25) is 10.0 Å². The standard InChI is InChI=1S/C12H17BrN2O2S/c1-8-10(14)6-9(13)7-11(8)18(16,17)15-12(2)4-3-5-12/h6-7,15H,3-5,14H2,1-2H3. The third-order valence-electron chi connectivity index (χ3n) is 3.49. The largest absolute Gasteiger partial charge is 0.398 e. The third kappa shape index (κ3) is 2.55. The van der Waals surface area contributed by atoms with E-state index in [4.69, 9.17) is 5.73 Å². The molecule has 2 rings (SSSR count). The van der Waals surface area contributed by atoms with Crippen LogP contribution in [0.4, 0.5) is 5.69 Å². The summed E-state index contributed by atoms with van der Waals surface area (Å²) in [7, 11) is -3.51. The SMILES string of the molecule is Cc1c(N)cc(Br)cc1S(=O)(=O)NC1(C)CCC1. The molecule has 0 heterocycles. The van der Waals surface area contributed by atoms with Gasteiger partial charge < -0.3 is 5.73 Å². The highest BCUT2D eigenvalue weighted by molar-refractivity contribution is 9.10. The number of anilines is 1. The van der Waals surface area contributed by atoms with E-state index in [0.717, 1.165) is 19.3 Å². The predicted octanol–water partition coefficient (Wildman–Crippen LogP) is 2.56. The van der Waals surface area contributed by atoms with Gasteiger partial charge in [-0.2, -0.15) is 0 Å². The van der Waals surface area contributed by atoms with Gasteiger partial charge in [0.25, 0.3) is 0 Å². The van der Waals surface area contributed by atoms with Gasteiger partial charge in [0.1, 0.15) is 0 Å². The van der Waals surface area contributed by atoms with Gasteiger partial charge >= 0.3 is 0 Å². The van der Waals surface area contributed by atoms with Gasteiger partial charge in [-0.05, 0) is 50.8 Å². The van der Waals surface area contributed by atoms with Crippen molar-refractivity contribution in [2.24, 2.45) is 0 Å². The Morgan fingerprint density at radius 1 is 1.39 bits per heavy atom. The molecule has 4 nitrogen and oxygen atoms in total. The number of benzene rings is 1. The second kappa shape index (κ2) is 4.51. The van der Waals surface area contributed by atoms with Crippen molar-refractivity contribution in [3.63, 3.8) is 0 Å². The van der Waals surface area contributed by atoms with Crippen LogP contribution in [-0.4, -0.2) is 14.0 Å². The van der Waals surface area contributed by atoms with Crippen molar-refractivity contribution in [2.75, 3.05) is 5.73 Å². The molecule has 0 atom stereocenters. The molecule has 3 N–H and O–H groups in total. The Labute approximate surface area is 116 Å². The third-order valence-corrected chi connectivity index (χ3v) is 5.71. The molecule has 1 aliphatic carbocycles. The molecule has 0 amide bonds. The zero-order valence-electron chi connectivity index (χ0n) is 10.5. The summed E-state index contributed by atoms with van der Waals surface area (Å²) >= 11 is 3.28. The lowest BCUT2D eigenvalue weighted by Crippen LogP contribution is -2.50. The van der Waals surface area contributed by atoms with Crippen LogP contribution in [0.1, 0.15) is 31.7 Å². The van der Waals surface area contributed by atoms with E-state index in [1.165, 1.54) is 0 Å². The molecular formula is C12H17BrN2O2S. The monoisotopic (exact) mass is 332 g/mol. The predicted molar refractivity (Wildman–Crippen MR) is 75.9 cm³/mol. The molecule has 1 aromatic rings. The topological polar surface area (TPSA) is 72.2 Å². The van der Waals surface area contributed by atoms with Crippen molar-refractivity contribution in [1.29, 1.82) is 0 Å². The van der Waals surface area contributed by atoms with Crippen LogP contribution in [0.5, 0.6) is 0 Å². The Morgan fingerprint density at radius 2 is 2.00 bits per heavy atom.